The van der Waals surface area contributed by atoms with E-state index in [9.17, 15) is 0 Å². The highest BCUT2D eigenvalue weighted by Gasteiger charge is 2.57. The van der Waals surface area contributed by atoms with Gasteiger partial charge < -0.3 is 0 Å². The molecule has 1 heteroatoms. The average Bonchev–Trinajstić information content (AvgIpc) is 2.84. The molecule has 0 bridgehead atoms. The van der Waals surface area contributed by atoms with E-state index in [4.69, 9.17) is 0 Å². The van der Waals surface area contributed by atoms with Gasteiger partial charge in [0.1, 0.15) is 6.17 Å². The molecule has 0 amide bonds. The Kier molecular flexibility index (Phi) is 3.70. The molecule has 0 radical (unpaired) electrons. The zero-order valence-corrected chi connectivity index (χ0v) is 14.7. The highest BCUT2D eigenvalue weighted by Crippen LogP contribution is 2.64. The monoisotopic (exact) mass is 304 g/mol. The normalized spacial score (nSPS) is 56.4. The Morgan fingerprint density at radius 1 is 1.00 bits per heavy atom. The molecule has 0 aromatic rings. The van der Waals surface area contributed by atoms with Crippen LogP contribution in [-0.4, -0.2) is 6.17 Å². The second-order valence-electron chi connectivity index (χ2n) is 9.24. The summed E-state index contributed by atoms with van der Waals surface area (Å²) < 4.78 is 15.0. The molecule has 0 nitrogen and oxygen atoms in total. The Bertz CT molecular complexity index is 467. The molecule has 124 valence electrons. The fourth-order valence-electron chi connectivity index (χ4n) is 7.34. The van der Waals surface area contributed by atoms with Gasteiger partial charge in [0.2, 0.25) is 0 Å². The molecule has 0 N–H and O–H groups in total. The minimum Gasteiger partial charge on any atom is -0.247 e. The van der Waals surface area contributed by atoms with Gasteiger partial charge in [-0.15, -0.1) is 0 Å². The van der Waals surface area contributed by atoms with E-state index in [1.165, 1.54) is 38.5 Å². The summed E-state index contributed by atoms with van der Waals surface area (Å²) in [6.07, 6.45) is 11.9. The third-order valence-electron chi connectivity index (χ3n) is 8.42. The third kappa shape index (κ3) is 2.06. The van der Waals surface area contributed by atoms with Crippen molar-refractivity contribution < 1.29 is 4.39 Å². The zero-order chi connectivity index (χ0) is 15.5. The van der Waals surface area contributed by atoms with Gasteiger partial charge >= 0.3 is 0 Å². The molecule has 0 aromatic heterocycles. The third-order valence-corrected chi connectivity index (χ3v) is 8.42. The highest BCUT2D eigenvalue weighted by atomic mass is 19.1. The number of hydrogen-bond donors (Lipinski definition) is 0. The van der Waals surface area contributed by atoms with Crippen molar-refractivity contribution in [3.63, 3.8) is 0 Å². The van der Waals surface area contributed by atoms with E-state index in [0.29, 0.717) is 23.2 Å². The number of alkyl halides is 1. The lowest BCUT2D eigenvalue weighted by Crippen LogP contribution is -2.51. The second-order valence-corrected chi connectivity index (χ2v) is 9.24. The van der Waals surface area contributed by atoms with Crippen molar-refractivity contribution in [2.75, 3.05) is 0 Å². The molecule has 4 fully saturated rings. The first kappa shape index (κ1) is 15.2. The van der Waals surface area contributed by atoms with E-state index < -0.39 is 6.17 Å². The van der Waals surface area contributed by atoms with Gasteiger partial charge in [0.15, 0.2) is 0 Å². The summed E-state index contributed by atoms with van der Waals surface area (Å²) in [5.74, 6) is 4.17. The Morgan fingerprint density at radius 2 is 1.77 bits per heavy atom. The van der Waals surface area contributed by atoms with Crippen LogP contribution in [0.1, 0.15) is 72.1 Å². The molecule has 4 saturated carbocycles. The summed E-state index contributed by atoms with van der Waals surface area (Å²) in [4.78, 5) is 0. The number of rotatable bonds is 0. The van der Waals surface area contributed by atoms with E-state index in [-0.39, 0.29) is 0 Å². The lowest BCUT2D eigenvalue weighted by molar-refractivity contribution is -0.0833. The van der Waals surface area contributed by atoms with Gasteiger partial charge in [-0.2, -0.15) is 0 Å². The van der Waals surface area contributed by atoms with Crippen LogP contribution in [0, 0.1) is 40.9 Å². The van der Waals surface area contributed by atoms with Crippen LogP contribution in [0.3, 0.4) is 0 Å². The number of halogens is 1. The highest BCUT2D eigenvalue weighted by molar-refractivity contribution is 5.23. The number of fused-ring (bicyclic) bond motifs is 5. The average molecular weight is 304 g/mol. The number of allylic oxidation sites excluding steroid dienone is 2. The van der Waals surface area contributed by atoms with Crippen LogP contribution in [0.25, 0.3) is 0 Å². The van der Waals surface area contributed by atoms with Crippen LogP contribution in [-0.2, 0) is 0 Å². The predicted octanol–water partition coefficient (Wildman–Crippen LogP) is 6.17. The van der Waals surface area contributed by atoms with Crippen molar-refractivity contribution in [3.8, 4) is 0 Å². The molecule has 8 unspecified atom stereocenters. The van der Waals surface area contributed by atoms with E-state index in [2.05, 4.69) is 26.8 Å². The van der Waals surface area contributed by atoms with Crippen molar-refractivity contribution in [2.24, 2.45) is 40.9 Å². The van der Waals surface area contributed by atoms with Gasteiger partial charge in [-0.3, -0.25) is 0 Å². The SMILES string of the molecule is C/C=C1/CCC2C3CC(F)C4CC(C)CCC4C3CCC12C. The summed E-state index contributed by atoms with van der Waals surface area (Å²) in [5, 5.41) is 0. The maximum absolute atomic E-state index is 15.0. The summed E-state index contributed by atoms with van der Waals surface area (Å²) in [7, 11) is 0. The van der Waals surface area contributed by atoms with Gasteiger partial charge in [0.25, 0.3) is 0 Å². The fraction of sp³-hybridized carbons (Fsp3) is 0.905. The summed E-state index contributed by atoms with van der Waals surface area (Å²) in [5.41, 5.74) is 2.09. The van der Waals surface area contributed by atoms with Crippen molar-refractivity contribution >= 4 is 0 Å². The predicted molar refractivity (Wildman–Crippen MR) is 90.3 cm³/mol. The maximum Gasteiger partial charge on any atom is 0.103 e. The lowest BCUT2D eigenvalue weighted by Gasteiger charge is -2.56. The topological polar surface area (TPSA) is 0 Å². The first-order valence-corrected chi connectivity index (χ1v) is 9.84. The minimum atomic E-state index is -0.508. The second kappa shape index (κ2) is 5.35. The molecule has 4 rings (SSSR count). The van der Waals surface area contributed by atoms with Gasteiger partial charge in [-0.1, -0.05) is 31.9 Å². The minimum absolute atomic E-state index is 0.400. The van der Waals surface area contributed by atoms with Crippen molar-refractivity contribution in [1.29, 1.82) is 0 Å². The quantitative estimate of drug-likeness (QED) is 0.469. The molecule has 0 heterocycles. The first-order chi connectivity index (χ1) is 10.5. The van der Waals surface area contributed by atoms with Crippen molar-refractivity contribution in [2.45, 2.75) is 78.3 Å². The van der Waals surface area contributed by atoms with Gasteiger partial charge in [-0.25, -0.2) is 4.39 Å². The molecule has 0 aromatic carbocycles. The Labute approximate surface area is 135 Å². The molecule has 4 aliphatic carbocycles. The van der Waals surface area contributed by atoms with Crippen molar-refractivity contribution in [1.82, 2.24) is 0 Å². The fourth-order valence-corrected chi connectivity index (χ4v) is 7.34. The van der Waals surface area contributed by atoms with Gasteiger partial charge in [-0.05, 0) is 92.8 Å². The molecule has 0 spiro atoms. The van der Waals surface area contributed by atoms with Gasteiger partial charge in [0, 0.05) is 0 Å². The molecular formula is C21H33F. The lowest BCUT2D eigenvalue weighted by atomic mass is 9.49. The van der Waals surface area contributed by atoms with Crippen LogP contribution < -0.4 is 0 Å². The van der Waals surface area contributed by atoms with E-state index in [1.54, 1.807) is 5.57 Å². The largest absolute Gasteiger partial charge is 0.247 e. The van der Waals surface area contributed by atoms with Crippen LogP contribution in [0.15, 0.2) is 11.6 Å². The van der Waals surface area contributed by atoms with E-state index in [1.807, 2.05) is 0 Å². The smallest absolute Gasteiger partial charge is 0.103 e. The van der Waals surface area contributed by atoms with E-state index in [0.717, 1.165) is 30.6 Å². The molecule has 22 heavy (non-hydrogen) atoms. The Hall–Kier alpha value is -0.330. The summed E-state index contributed by atoms with van der Waals surface area (Å²) in [6, 6.07) is 0. The molecule has 0 aliphatic heterocycles. The first-order valence-electron chi connectivity index (χ1n) is 9.84. The van der Waals surface area contributed by atoms with Crippen LogP contribution in [0.4, 0.5) is 4.39 Å². The number of hydrogen-bond acceptors (Lipinski definition) is 0. The summed E-state index contributed by atoms with van der Waals surface area (Å²) in [6.45, 7) is 7.05. The van der Waals surface area contributed by atoms with E-state index >= 15 is 4.39 Å². The Morgan fingerprint density at radius 3 is 2.55 bits per heavy atom. The molecule has 8 atom stereocenters. The molecule has 0 saturated heterocycles. The standard InChI is InChI=1S/C21H33F/c1-4-14-6-8-19-17-12-20(22)18-11-13(2)5-7-15(18)16(17)9-10-21(14,19)3/h4,13,15-20H,5-12H2,1-3H3/b14-4-. The summed E-state index contributed by atoms with van der Waals surface area (Å²) >= 11 is 0. The maximum atomic E-state index is 15.0. The Balaban J connectivity index is 1.62. The van der Waals surface area contributed by atoms with Crippen LogP contribution >= 0.6 is 0 Å². The van der Waals surface area contributed by atoms with Crippen molar-refractivity contribution in [3.05, 3.63) is 11.6 Å². The van der Waals surface area contributed by atoms with Gasteiger partial charge in [0.05, 0.1) is 0 Å². The van der Waals surface area contributed by atoms with Crippen LogP contribution in [0.2, 0.25) is 0 Å². The van der Waals surface area contributed by atoms with Crippen LogP contribution in [0.5, 0.6) is 0 Å². The molecule has 4 aliphatic rings. The zero-order valence-electron chi connectivity index (χ0n) is 14.7. The molecular weight excluding hydrogens is 271 g/mol.